The number of nitriles is 1. The fourth-order valence-corrected chi connectivity index (χ4v) is 1.55. The van der Waals surface area contributed by atoms with Crippen LogP contribution >= 0.6 is 0 Å². The van der Waals surface area contributed by atoms with Gasteiger partial charge in [0.15, 0.2) is 0 Å². The Morgan fingerprint density at radius 3 is 2.70 bits per heavy atom. The standard InChI is InChI=1S/C8H14N2/c1-7(2)10-5-3-4-8(10)6-9/h7-8H,3-5H2,1-2H3. The van der Waals surface area contributed by atoms with Crippen molar-refractivity contribution in [1.29, 1.82) is 5.26 Å². The van der Waals surface area contributed by atoms with E-state index < -0.39 is 0 Å². The van der Waals surface area contributed by atoms with Crippen LogP contribution < -0.4 is 0 Å². The molecule has 1 aliphatic heterocycles. The summed E-state index contributed by atoms with van der Waals surface area (Å²) in [6.45, 7) is 5.40. The molecule has 2 nitrogen and oxygen atoms in total. The van der Waals surface area contributed by atoms with E-state index in [-0.39, 0.29) is 6.04 Å². The molecule has 0 aliphatic carbocycles. The molecular formula is C8H14N2. The van der Waals surface area contributed by atoms with Gasteiger partial charge in [-0.25, -0.2) is 0 Å². The Hall–Kier alpha value is -0.550. The number of likely N-dealkylation sites (tertiary alicyclic amines) is 1. The highest BCUT2D eigenvalue weighted by Gasteiger charge is 2.25. The first kappa shape index (κ1) is 7.56. The summed E-state index contributed by atoms with van der Waals surface area (Å²) in [6, 6.07) is 3.05. The molecule has 1 aliphatic rings. The molecule has 10 heavy (non-hydrogen) atoms. The van der Waals surface area contributed by atoms with E-state index in [0.717, 1.165) is 13.0 Å². The van der Waals surface area contributed by atoms with Gasteiger partial charge in [-0.05, 0) is 33.2 Å². The summed E-state index contributed by atoms with van der Waals surface area (Å²) in [5.41, 5.74) is 0. The van der Waals surface area contributed by atoms with E-state index in [1.54, 1.807) is 0 Å². The monoisotopic (exact) mass is 138 g/mol. The van der Waals surface area contributed by atoms with Crippen molar-refractivity contribution in [3.63, 3.8) is 0 Å². The smallest absolute Gasteiger partial charge is 0.0980 e. The number of hydrogen-bond acceptors (Lipinski definition) is 2. The van der Waals surface area contributed by atoms with Crippen molar-refractivity contribution in [3.8, 4) is 6.07 Å². The van der Waals surface area contributed by atoms with Crippen LogP contribution in [0.15, 0.2) is 0 Å². The minimum absolute atomic E-state index is 0.194. The molecule has 1 heterocycles. The van der Waals surface area contributed by atoms with Gasteiger partial charge in [0.2, 0.25) is 0 Å². The Kier molecular flexibility index (Phi) is 2.29. The van der Waals surface area contributed by atoms with Gasteiger partial charge in [0, 0.05) is 6.04 Å². The maximum atomic E-state index is 8.69. The molecule has 0 radical (unpaired) electrons. The van der Waals surface area contributed by atoms with Gasteiger partial charge in [0.05, 0.1) is 12.1 Å². The molecule has 0 aromatic rings. The Labute approximate surface area is 62.4 Å². The van der Waals surface area contributed by atoms with E-state index in [0.29, 0.717) is 6.04 Å². The van der Waals surface area contributed by atoms with Crippen LogP contribution in [0.25, 0.3) is 0 Å². The van der Waals surface area contributed by atoms with Crippen molar-refractivity contribution in [2.75, 3.05) is 6.54 Å². The van der Waals surface area contributed by atoms with Crippen molar-refractivity contribution in [2.45, 2.75) is 38.8 Å². The van der Waals surface area contributed by atoms with E-state index in [1.807, 2.05) is 0 Å². The molecule has 1 unspecified atom stereocenters. The molecule has 0 aromatic carbocycles. The first-order valence-corrected chi connectivity index (χ1v) is 3.91. The quantitative estimate of drug-likeness (QED) is 0.547. The zero-order valence-electron chi connectivity index (χ0n) is 6.67. The molecule has 1 atom stereocenters. The van der Waals surface area contributed by atoms with Crippen molar-refractivity contribution >= 4 is 0 Å². The summed E-state index contributed by atoms with van der Waals surface area (Å²) < 4.78 is 0. The average Bonchev–Trinajstić information content (AvgIpc) is 2.33. The van der Waals surface area contributed by atoms with Gasteiger partial charge < -0.3 is 0 Å². The third-order valence-electron chi connectivity index (χ3n) is 2.11. The van der Waals surface area contributed by atoms with E-state index in [2.05, 4.69) is 24.8 Å². The number of rotatable bonds is 1. The molecular weight excluding hydrogens is 124 g/mol. The Morgan fingerprint density at radius 1 is 1.60 bits per heavy atom. The first-order valence-electron chi connectivity index (χ1n) is 3.91. The highest BCUT2D eigenvalue weighted by molar-refractivity contribution is 4.96. The summed E-state index contributed by atoms with van der Waals surface area (Å²) >= 11 is 0. The largest absolute Gasteiger partial charge is 0.286 e. The third kappa shape index (κ3) is 1.30. The normalized spacial score (nSPS) is 27.2. The Bertz CT molecular complexity index is 146. The van der Waals surface area contributed by atoms with Crippen LogP contribution in [0.4, 0.5) is 0 Å². The molecule has 1 rings (SSSR count). The Balaban J connectivity index is 2.52. The highest BCUT2D eigenvalue weighted by Crippen LogP contribution is 2.18. The van der Waals surface area contributed by atoms with E-state index in [4.69, 9.17) is 5.26 Å². The minimum atomic E-state index is 0.194. The number of hydrogen-bond donors (Lipinski definition) is 0. The van der Waals surface area contributed by atoms with Gasteiger partial charge in [-0.15, -0.1) is 0 Å². The zero-order valence-corrected chi connectivity index (χ0v) is 6.67. The summed E-state index contributed by atoms with van der Waals surface area (Å²) in [5, 5.41) is 8.69. The lowest BCUT2D eigenvalue weighted by molar-refractivity contribution is 0.238. The van der Waals surface area contributed by atoms with Crippen LogP contribution in [0.2, 0.25) is 0 Å². The maximum absolute atomic E-state index is 8.69. The molecule has 0 aromatic heterocycles. The van der Waals surface area contributed by atoms with Crippen LogP contribution in [0.1, 0.15) is 26.7 Å². The van der Waals surface area contributed by atoms with Crippen LogP contribution in [0, 0.1) is 11.3 Å². The lowest BCUT2D eigenvalue weighted by Crippen LogP contribution is -2.34. The van der Waals surface area contributed by atoms with Crippen molar-refractivity contribution in [2.24, 2.45) is 0 Å². The van der Waals surface area contributed by atoms with E-state index >= 15 is 0 Å². The van der Waals surface area contributed by atoms with Gasteiger partial charge >= 0.3 is 0 Å². The molecule has 0 N–H and O–H groups in total. The molecule has 0 spiro atoms. The molecule has 0 amide bonds. The second kappa shape index (κ2) is 3.03. The van der Waals surface area contributed by atoms with Gasteiger partial charge in [0.25, 0.3) is 0 Å². The molecule has 0 saturated carbocycles. The third-order valence-corrected chi connectivity index (χ3v) is 2.11. The lowest BCUT2D eigenvalue weighted by Gasteiger charge is -2.22. The topological polar surface area (TPSA) is 27.0 Å². The van der Waals surface area contributed by atoms with Crippen LogP contribution in [0.3, 0.4) is 0 Å². The van der Waals surface area contributed by atoms with Crippen molar-refractivity contribution in [3.05, 3.63) is 0 Å². The average molecular weight is 138 g/mol. The van der Waals surface area contributed by atoms with Crippen molar-refractivity contribution in [1.82, 2.24) is 4.90 Å². The van der Waals surface area contributed by atoms with Gasteiger partial charge in [-0.1, -0.05) is 0 Å². The predicted octanol–water partition coefficient (Wildman–Crippen LogP) is 1.38. The maximum Gasteiger partial charge on any atom is 0.0980 e. The SMILES string of the molecule is CC(C)N1CCCC1C#N. The summed E-state index contributed by atoms with van der Waals surface area (Å²) in [4.78, 5) is 2.26. The fourth-order valence-electron chi connectivity index (χ4n) is 1.55. The van der Waals surface area contributed by atoms with Crippen LogP contribution in [-0.4, -0.2) is 23.5 Å². The van der Waals surface area contributed by atoms with Gasteiger partial charge in [0.1, 0.15) is 0 Å². The number of nitrogens with zero attached hydrogens (tertiary/aromatic N) is 2. The first-order chi connectivity index (χ1) is 4.75. The van der Waals surface area contributed by atoms with Crippen LogP contribution in [-0.2, 0) is 0 Å². The van der Waals surface area contributed by atoms with Gasteiger partial charge in [-0.2, -0.15) is 5.26 Å². The predicted molar refractivity (Wildman–Crippen MR) is 40.5 cm³/mol. The molecule has 2 heteroatoms. The van der Waals surface area contributed by atoms with E-state index in [9.17, 15) is 0 Å². The zero-order chi connectivity index (χ0) is 7.56. The lowest BCUT2D eigenvalue weighted by atomic mass is 10.2. The highest BCUT2D eigenvalue weighted by atomic mass is 15.2. The van der Waals surface area contributed by atoms with Crippen LogP contribution in [0.5, 0.6) is 0 Å². The summed E-state index contributed by atoms with van der Waals surface area (Å²) in [7, 11) is 0. The minimum Gasteiger partial charge on any atom is -0.286 e. The second-order valence-corrected chi connectivity index (χ2v) is 3.12. The molecule has 0 bridgehead atoms. The summed E-state index contributed by atoms with van der Waals surface area (Å²) in [6.07, 6.45) is 2.26. The molecule has 1 saturated heterocycles. The van der Waals surface area contributed by atoms with Crippen molar-refractivity contribution < 1.29 is 0 Å². The second-order valence-electron chi connectivity index (χ2n) is 3.12. The van der Waals surface area contributed by atoms with E-state index in [1.165, 1.54) is 6.42 Å². The van der Waals surface area contributed by atoms with Gasteiger partial charge in [-0.3, -0.25) is 4.90 Å². The Morgan fingerprint density at radius 2 is 2.30 bits per heavy atom. The molecule has 56 valence electrons. The fraction of sp³-hybridized carbons (Fsp3) is 0.875. The molecule has 1 fully saturated rings. The summed E-state index contributed by atoms with van der Waals surface area (Å²) in [5.74, 6) is 0.